The molecule has 3 amide bonds. The van der Waals surface area contributed by atoms with Crippen molar-refractivity contribution in [1.82, 2.24) is 20.0 Å². The van der Waals surface area contributed by atoms with Crippen LogP contribution in [-0.4, -0.2) is 84.3 Å². The first-order valence-corrected chi connectivity index (χ1v) is 14.5. The Morgan fingerprint density at radius 2 is 1.45 bits per heavy atom. The summed E-state index contributed by atoms with van der Waals surface area (Å²) >= 11 is 3.38. The lowest BCUT2D eigenvalue weighted by Crippen LogP contribution is -2.60. The summed E-state index contributed by atoms with van der Waals surface area (Å²) < 4.78 is 0.908. The van der Waals surface area contributed by atoms with Gasteiger partial charge in [-0.05, 0) is 35.4 Å². The largest absolute Gasteiger partial charge is 0.353 e. The molecular weight excluding hydrogens is 570 g/mol. The van der Waals surface area contributed by atoms with E-state index in [1.54, 1.807) is 17.0 Å². The van der Waals surface area contributed by atoms with E-state index in [-0.39, 0.29) is 36.7 Å². The van der Waals surface area contributed by atoms with Crippen molar-refractivity contribution in [2.75, 3.05) is 51.1 Å². The van der Waals surface area contributed by atoms with Crippen LogP contribution in [0.25, 0.3) is 0 Å². The van der Waals surface area contributed by atoms with E-state index in [4.69, 9.17) is 0 Å². The average molecular weight is 605 g/mol. The lowest BCUT2D eigenvalue weighted by Gasteiger charge is -2.41. The van der Waals surface area contributed by atoms with Gasteiger partial charge in [0.15, 0.2) is 0 Å². The van der Waals surface area contributed by atoms with E-state index >= 15 is 0 Å². The highest BCUT2D eigenvalue weighted by Gasteiger charge is 2.36. The van der Waals surface area contributed by atoms with E-state index in [1.165, 1.54) is 11.1 Å². The van der Waals surface area contributed by atoms with E-state index in [9.17, 15) is 14.4 Å². The molecule has 9 heteroatoms. The Morgan fingerprint density at radius 3 is 2.05 bits per heavy atom. The van der Waals surface area contributed by atoms with Gasteiger partial charge in [0.2, 0.25) is 17.7 Å². The molecule has 2 saturated heterocycles. The van der Waals surface area contributed by atoms with E-state index in [1.807, 2.05) is 24.3 Å². The Morgan fingerprint density at radius 1 is 0.850 bits per heavy atom. The lowest BCUT2D eigenvalue weighted by atomic mass is 9.96. The molecule has 1 atom stereocenters. The zero-order valence-electron chi connectivity index (χ0n) is 22.3. The molecule has 0 bridgehead atoms. The van der Waals surface area contributed by atoms with Gasteiger partial charge in [-0.3, -0.25) is 24.2 Å². The van der Waals surface area contributed by atoms with Gasteiger partial charge in [-0.25, -0.2) is 0 Å². The third kappa shape index (κ3) is 6.96. The Kier molecular flexibility index (Phi) is 9.26. The highest BCUT2D eigenvalue weighted by molar-refractivity contribution is 9.10. The van der Waals surface area contributed by atoms with Gasteiger partial charge in [0.05, 0.1) is 19.0 Å². The number of carbonyl (C=O) groups is 3. The van der Waals surface area contributed by atoms with Crippen molar-refractivity contribution < 1.29 is 14.4 Å². The highest BCUT2D eigenvalue weighted by Crippen LogP contribution is 2.29. The molecule has 40 heavy (non-hydrogen) atoms. The molecule has 2 aliphatic heterocycles. The molecule has 5 rings (SSSR count). The minimum Gasteiger partial charge on any atom is -0.353 e. The van der Waals surface area contributed by atoms with Crippen molar-refractivity contribution in [3.8, 4) is 0 Å². The van der Waals surface area contributed by atoms with E-state index in [0.29, 0.717) is 18.8 Å². The van der Waals surface area contributed by atoms with Gasteiger partial charge in [0.1, 0.15) is 6.04 Å². The minimum absolute atomic E-state index is 0.0861. The van der Waals surface area contributed by atoms with Crippen LogP contribution in [0.4, 0.5) is 5.69 Å². The molecule has 0 unspecified atom stereocenters. The number of nitrogens with one attached hydrogen (secondary N) is 2. The number of amides is 3. The fourth-order valence-corrected chi connectivity index (χ4v) is 5.75. The van der Waals surface area contributed by atoms with Gasteiger partial charge >= 0.3 is 0 Å². The number of halogens is 1. The monoisotopic (exact) mass is 603 g/mol. The number of anilines is 1. The first-order chi connectivity index (χ1) is 19.5. The number of piperazine rings is 2. The van der Waals surface area contributed by atoms with Crippen LogP contribution in [0.1, 0.15) is 23.6 Å². The fourth-order valence-electron chi connectivity index (χ4n) is 5.48. The zero-order chi connectivity index (χ0) is 27.9. The molecule has 0 aromatic heterocycles. The number of carbonyl (C=O) groups excluding carboxylic acids is 3. The first kappa shape index (κ1) is 28.0. The highest BCUT2D eigenvalue weighted by atomic mass is 79.9. The smallest absolute Gasteiger partial charge is 0.243 e. The molecule has 2 aliphatic rings. The topological polar surface area (TPSA) is 85.0 Å². The van der Waals surface area contributed by atoms with Crippen LogP contribution in [-0.2, 0) is 14.4 Å². The minimum atomic E-state index is -0.821. The van der Waals surface area contributed by atoms with E-state index < -0.39 is 6.04 Å². The molecule has 3 aromatic rings. The van der Waals surface area contributed by atoms with Gasteiger partial charge in [-0.15, -0.1) is 0 Å². The fraction of sp³-hybridized carbons (Fsp3) is 0.323. The summed E-state index contributed by atoms with van der Waals surface area (Å²) in [6.45, 7) is 4.15. The van der Waals surface area contributed by atoms with Gasteiger partial charge in [-0.2, -0.15) is 0 Å². The molecule has 0 saturated carbocycles. The van der Waals surface area contributed by atoms with Crippen molar-refractivity contribution in [3.05, 3.63) is 101 Å². The summed E-state index contributed by atoms with van der Waals surface area (Å²) in [5.41, 5.74) is 3.15. The van der Waals surface area contributed by atoms with Crippen molar-refractivity contribution >= 4 is 39.3 Å². The Bertz CT molecular complexity index is 1260. The third-order valence-electron chi connectivity index (χ3n) is 7.52. The summed E-state index contributed by atoms with van der Waals surface area (Å²) in [6.07, 6.45) is -0.0861. The average Bonchev–Trinajstić information content (AvgIpc) is 2.97. The van der Waals surface area contributed by atoms with Crippen molar-refractivity contribution in [3.63, 3.8) is 0 Å². The molecule has 0 spiro atoms. The second kappa shape index (κ2) is 13.2. The zero-order valence-corrected chi connectivity index (χ0v) is 23.9. The Labute approximate surface area is 243 Å². The van der Waals surface area contributed by atoms with Crippen LogP contribution in [0.15, 0.2) is 89.4 Å². The van der Waals surface area contributed by atoms with Crippen molar-refractivity contribution in [2.45, 2.75) is 18.5 Å². The number of rotatable bonds is 8. The second-order valence-corrected chi connectivity index (χ2v) is 11.1. The normalized spacial score (nSPS) is 18.4. The summed E-state index contributed by atoms with van der Waals surface area (Å²) in [5.74, 6) is -0.708. The maximum Gasteiger partial charge on any atom is 0.243 e. The predicted molar refractivity (Wildman–Crippen MR) is 159 cm³/mol. The number of hydrogen-bond donors (Lipinski definition) is 2. The number of benzene rings is 3. The SMILES string of the molecule is O=C(C[C@H]1C(=O)NCCN1C(=O)CN1CCN(C(c2ccccc2)c2ccccc2)CC1)Nc1ccc(Br)cc1. The quantitative estimate of drug-likeness (QED) is 0.412. The Balaban J connectivity index is 1.19. The van der Waals surface area contributed by atoms with Crippen molar-refractivity contribution in [2.24, 2.45) is 0 Å². The maximum absolute atomic E-state index is 13.4. The molecular formula is C31H34BrN5O3. The predicted octanol–water partition coefficient (Wildman–Crippen LogP) is 3.51. The number of hydrogen-bond acceptors (Lipinski definition) is 5. The molecule has 3 aromatic carbocycles. The van der Waals surface area contributed by atoms with Crippen LogP contribution >= 0.6 is 15.9 Å². The van der Waals surface area contributed by atoms with Gasteiger partial charge in [-0.1, -0.05) is 76.6 Å². The van der Waals surface area contributed by atoms with Crippen LogP contribution in [0.5, 0.6) is 0 Å². The molecule has 2 heterocycles. The molecule has 2 N–H and O–H groups in total. The van der Waals surface area contributed by atoms with Crippen LogP contribution in [0.2, 0.25) is 0 Å². The first-order valence-electron chi connectivity index (χ1n) is 13.7. The number of nitrogens with zero attached hydrogens (tertiary/aromatic N) is 3. The molecule has 0 aliphatic carbocycles. The Hall–Kier alpha value is -3.53. The van der Waals surface area contributed by atoms with Crippen LogP contribution < -0.4 is 10.6 Å². The van der Waals surface area contributed by atoms with Gasteiger partial charge in [0, 0.05) is 49.4 Å². The molecule has 208 valence electrons. The second-order valence-electron chi connectivity index (χ2n) is 10.2. The third-order valence-corrected chi connectivity index (χ3v) is 8.05. The van der Waals surface area contributed by atoms with Crippen molar-refractivity contribution in [1.29, 1.82) is 0 Å². The summed E-state index contributed by atoms with van der Waals surface area (Å²) in [4.78, 5) is 45.1. The summed E-state index contributed by atoms with van der Waals surface area (Å²) in [6, 6.07) is 27.6. The van der Waals surface area contributed by atoms with Crippen LogP contribution in [0, 0.1) is 0 Å². The van der Waals surface area contributed by atoms with Gasteiger partial charge < -0.3 is 15.5 Å². The molecule has 0 radical (unpaired) electrons. The van der Waals surface area contributed by atoms with Crippen LogP contribution in [0.3, 0.4) is 0 Å². The maximum atomic E-state index is 13.4. The van der Waals surface area contributed by atoms with E-state index in [2.05, 4.69) is 84.9 Å². The van der Waals surface area contributed by atoms with E-state index in [0.717, 1.165) is 30.7 Å². The molecule has 2 fully saturated rings. The summed E-state index contributed by atoms with van der Waals surface area (Å²) in [7, 11) is 0. The van der Waals surface area contributed by atoms with Gasteiger partial charge in [0.25, 0.3) is 0 Å². The standard InChI is InChI=1S/C31H34BrN5O3/c32-25-11-13-26(14-12-25)34-28(38)21-27-31(40)33-15-16-37(27)29(39)22-35-17-19-36(20-18-35)30(23-7-3-1-4-8-23)24-9-5-2-6-10-24/h1-14,27,30H,15-22H2,(H,33,40)(H,34,38)/t27-/m0/s1. The summed E-state index contributed by atoms with van der Waals surface area (Å²) in [5, 5.41) is 5.63. The molecule has 8 nitrogen and oxygen atoms in total. The lowest BCUT2D eigenvalue weighted by molar-refractivity contribution is -0.145.